The molecule has 4 atom stereocenters. The van der Waals surface area contributed by atoms with Crippen molar-refractivity contribution in [1.82, 2.24) is 14.5 Å². The molecule has 3 rings (SSSR count). The van der Waals surface area contributed by atoms with Gasteiger partial charge in [-0.2, -0.15) is 0 Å². The van der Waals surface area contributed by atoms with Gasteiger partial charge in [0.2, 0.25) is 11.8 Å². The molecule has 4 unspecified atom stereocenters. The van der Waals surface area contributed by atoms with Gasteiger partial charge >= 0.3 is 0 Å². The molecule has 1 saturated heterocycles. The van der Waals surface area contributed by atoms with Gasteiger partial charge in [0.05, 0.1) is 17.7 Å². The van der Waals surface area contributed by atoms with Crippen LogP contribution in [0.15, 0.2) is 12.5 Å². The quantitative estimate of drug-likeness (QED) is 0.442. The Kier molecular flexibility index (Phi) is 6.33. The molecule has 2 aromatic rings. The van der Waals surface area contributed by atoms with Gasteiger partial charge in [-0.25, -0.2) is 9.97 Å². The van der Waals surface area contributed by atoms with Crippen molar-refractivity contribution in [2.75, 3.05) is 17.2 Å². The van der Waals surface area contributed by atoms with Crippen molar-refractivity contribution in [3.8, 4) is 0 Å². The van der Waals surface area contributed by atoms with Crippen LogP contribution in [-0.2, 0) is 14.3 Å². The SMILES string of the molecule is CC(C)C(=O)Nc1cn(C2OC(CO)C(O)C2(C)O)c2ncnc(NC(=O)C(C)C)c12. The number of carbonyl (C=O) groups excluding carboxylic acids is 2. The minimum atomic E-state index is -1.76. The Balaban J connectivity index is 2.17. The molecular weight excluding hydrogens is 406 g/mol. The summed E-state index contributed by atoms with van der Waals surface area (Å²) in [6.45, 7) is 7.84. The molecule has 11 heteroatoms. The van der Waals surface area contributed by atoms with Crippen LogP contribution in [0.1, 0.15) is 40.8 Å². The van der Waals surface area contributed by atoms with E-state index in [1.165, 1.54) is 24.0 Å². The lowest BCUT2D eigenvalue weighted by Crippen LogP contribution is -2.44. The first-order valence-corrected chi connectivity index (χ1v) is 10.1. The lowest BCUT2D eigenvalue weighted by atomic mass is 9.96. The molecule has 0 radical (unpaired) electrons. The molecule has 0 aliphatic carbocycles. The number of fused-ring (bicyclic) bond motifs is 1. The molecule has 1 fully saturated rings. The van der Waals surface area contributed by atoms with E-state index < -0.39 is 30.6 Å². The van der Waals surface area contributed by atoms with E-state index in [0.717, 1.165) is 0 Å². The van der Waals surface area contributed by atoms with E-state index in [1.54, 1.807) is 27.7 Å². The number of aromatic nitrogens is 3. The smallest absolute Gasteiger partial charge is 0.228 e. The maximum Gasteiger partial charge on any atom is 0.228 e. The highest BCUT2D eigenvalue weighted by Crippen LogP contribution is 2.42. The van der Waals surface area contributed by atoms with Gasteiger partial charge in [0.15, 0.2) is 6.23 Å². The number of rotatable bonds is 6. The molecule has 11 nitrogen and oxygen atoms in total. The molecule has 1 aliphatic rings. The maximum absolute atomic E-state index is 12.4. The molecule has 2 amide bonds. The molecular formula is C20H29N5O6. The first-order chi connectivity index (χ1) is 14.5. The Morgan fingerprint density at radius 2 is 1.81 bits per heavy atom. The van der Waals surface area contributed by atoms with Crippen molar-refractivity contribution in [3.05, 3.63) is 12.5 Å². The number of carbonyl (C=O) groups is 2. The number of hydrogen-bond donors (Lipinski definition) is 5. The zero-order chi connectivity index (χ0) is 23.1. The first-order valence-electron chi connectivity index (χ1n) is 10.1. The third-order valence-electron chi connectivity index (χ3n) is 5.34. The number of amides is 2. The zero-order valence-corrected chi connectivity index (χ0v) is 18.2. The van der Waals surface area contributed by atoms with E-state index in [4.69, 9.17) is 4.74 Å². The molecule has 5 N–H and O–H groups in total. The molecule has 0 saturated carbocycles. The number of nitrogens with zero attached hydrogens (tertiary/aromatic N) is 3. The topological polar surface area (TPSA) is 159 Å². The van der Waals surface area contributed by atoms with Gasteiger partial charge in [-0.05, 0) is 6.92 Å². The lowest BCUT2D eigenvalue weighted by molar-refractivity contribution is -0.119. The summed E-state index contributed by atoms with van der Waals surface area (Å²) in [7, 11) is 0. The second-order valence-electron chi connectivity index (χ2n) is 8.54. The molecule has 3 heterocycles. The minimum absolute atomic E-state index is 0.193. The van der Waals surface area contributed by atoms with Crippen LogP contribution in [0.25, 0.3) is 11.0 Å². The minimum Gasteiger partial charge on any atom is -0.394 e. The highest BCUT2D eigenvalue weighted by atomic mass is 16.6. The van der Waals surface area contributed by atoms with Crippen molar-refractivity contribution in [3.63, 3.8) is 0 Å². The Bertz CT molecular complexity index is 986. The standard InChI is InChI=1S/C20H29N5O6/c1-9(2)17(28)23-11-6-25(19-20(5,30)14(27)12(7-26)31-19)16-13(11)15(21-8-22-16)24-18(29)10(3)4/h6,8-10,12,14,19,26-27,30H,7H2,1-5H3,(H,23,28)(H,21,22,24,29). The van der Waals surface area contributed by atoms with Crippen LogP contribution >= 0.6 is 0 Å². The molecule has 31 heavy (non-hydrogen) atoms. The molecule has 2 aromatic heterocycles. The van der Waals surface area contributed by atoms with E-state index in [1.807, 2.05) is 0 Å². The molecule has 170 valence electrons. The monoisotopic (exact) mass is 435 g/mol. The van der Waals surface area contributed by atoms with Crippen LogP contribution in [0.4, 0.5) is 11.5 Å². The highest BCUT2D eigenvalue weighted by Gasteiger charge is 2.53. The van der Waals surface area contributed by atoms with Crippen LogP contribution in [0.5, 0.6) is 0 Å². The van der Waals surface area contributed by atoms with Crippen LogP contribution < -0.4 is 10.6 Å². The van der Waals surface area contributed by atoms with Crippen LogP contribution in [-0.4, -0.2) is 66.1 Å². The summed E-state index contributed by atoms with van der Waals surface area (Å²) < 4.78 is 7.16. The second-order valence-corrected chi connectivity index (χ2v) is 8.54. The third-order valence-corrected chi connectivity index (χ3v) is 5.34. The summed E-state index contributed by atoms with van der Waals surface area (Å²) in [5, 5.41) is 36.6. The molecule has 0 spiro atoms. The predicted octanol–water partition coefficient (Wildman–Crippen LogP) is 0.622. The van der Waals surface area contributed by atoms with E-state index >= 15 is 0 Å². The number of aliphatic hydroxyl groups is 3. The van der Waals surface area contributed by atoms with Crippen LogP contribution in [0, 0.1) is 11.8 Å². The van der Waals surface area contributed by atoms with Crippen molar-refractivity contribution in [1.29, 1.82) is 0 Å². The predicted molar refractivity (Wildman–Crippen MR) is 112 cm³/mol. The van der Waals surface area contributed by atoms with E-state index in [-0.39, 0.29) is 35.1 Å². The van der Waals surface area contributed by atoms with Crippen molar-refractivity contribution < 1.29 is 29.6 Å². The first kappa shape index (κ1) is 23.1. The number of nitrogens with one attached hydrogen (secondary N) is 2. The summed E-state index contributed by atoms with van der Waals surface area (Å²) >= 11 is 0. The molecule has 1 aliphatic heterocycles. The van der Waals surface area contributed by atoms with Gasteiger partial charge in [0.1, 0.15) is 35.6 Å². The summed E-state index contributed by atoms with van der Waals surface area (Å²) in [6, 6.07) is 0. The fourth-order valence-corrected chi connectivity index (χ4v) is 3.38. The zero-order valence-electron chi connectivity index (χ0n) is 18.2. The van der Waals surface area contributed by atoms with Gasteiger partial charge in [0, 0.05) is 18.0 Å². The van der Waals surface area contributed by atoms with Crippen LogP contribution in [0.2, 0.25) is 0 Å². The summed E-state index contributed by atoms with van der Waals surface area (Å²) in [5.74, 6) is -0.966. The Labute approximate surface area is 179 Å². The number of ether oxygens (including phenoxy) is 1. The van der Waals surface area contributed by atoms with E-state index in [0.29, 0.717) is 11.1 Å². The number of anilines is 2. The fourth-order valence-electron chi connectivity index (χ4n) is 3.38. The second kappa shape index (κ2) is 8.50. The normalized spacial score (nSPS) is 26.1. The summed E-state index contributed by atoms with van der Waals surface area (Å²) in [5.41, 5.74) is -1.18. The van der Waals surface area contributed by atoms with Crippen molar-refractivity contribution in [2.24, 2.45) is 11.8 Å². The van der Waals surface area contributed by atoms with Gasteiger partial charge in [-0.3, -0.25) is 9.59 Å². The van der Waals surface area contributed by atoms with E-state index in [2.05, 4.69) is 20.6 Å². The van der Waals surface area contributed by atoms with Gasteiger partial charge < -0.3 is 35.3 Å². The Hall–Kier alpha value is -2.60. The Morgan fingerprint density at radius 3 is 2.35 bits per heavy atom. The molecule has 0 aromatic carbocycles. The molecule has 0 bridgehead atoms. The van der Waals surface area contributed by atoms with E-state index in [9.17, 15) is 24.9 Å². The largest absolute Gasteiger partial charge is 0.394 e. The number of aliphatic hydroxyl groups excluding tert-OH is 2. The van der Waals surface area contributed by atoms with Gasteiger partial charge in [-0.15, -0.1) is 0 Å². The van der Waals surface area contributed by atoms with Gasteiger partial charge in [-0.1, -0.05) is 27.7 Å². The third kappa shape index (κ3) is 4.13. The van der Waals surface area contributed by atoms with Crippen LogP contribution in [0.3, 0.4) is 0 Å². The van der Waals surface area contributed by atoms with Gasteiger partial charge in [0.25, 0.3) is 0 Å². The number of hydrogen-bond acceptors (Lipinski definition) is 8. The lowest BCUT2D eigenvalue weighted by Gasteiger charge is -2.27. The van der Waals surface area contributed by atoms with Crippen molar-refractivity contribution >= 4 is 34.4 Å². The van der Waals surface area contributed by atoms with Crippen molar-refractivity contribution in [2.45, 2.75) is 58.7 Å². The average molecular weight is 435 g/mol. The fraction of sp³-hybridized carbons (Fsp3) is 0.600. The summed E-state index contributed by atoms with van der Waals surface area (Å²) in [4.78, 5) is 33.1. The Morgan fingerprint density at radius 1 is 1.19 bits per heavy atom. The average Bonchev–Trinajstić information content (AvgIpc) is 3.17. The highest BCUT2D eigenvalue weighted by molar-refractivity contribution is 6.09. The summed E-state index contributed by atoms with van der Waals surface area (Å²) in [6.07, 6.45) is -0.720. The maximum atomic E-state index is 12.4.